The summed E-state index contributed by atoms with van der Waals surface area (Å²) in [6, 6.07) is 0. The van der Waals surface area contributed by atoms with Crippen molar-refractivity contribution in [2.75, 3.05) is 20.8 Å². The van der Waals surface area contributed by atoms with Crippen molar-refractivity contribution in [2.24, 2.45) is 0 Å². The van der Waals surface area contributed by atoms with Crippen molar-refractivity contribution >= 4 is 11.6 Å². The lowest BCUT2D eigenvalue weighted by Crippen LogP contribution is -2.22. The van der Waals surface area contributed by atoms with Crippen LogP contribution in [0.4, 0.5) is 0 Å². The zero-order valence-electron chi connectivity index (χ0n) is 8.70. The average molecular weight is 233 g/mol. The lowest BCUT2D eigenvalue weighted by atomic mass is 10.4. The first-order valence-corrected chi connectivity index (χ1v) is 4.86. The molecule has 0 saturated heterocycles. The normalized spacial score (nSPS) is 10.3. The Morgan fingerprint density at radius 1 is 1.53 bits per heavy atom. The van der Waals surface area contributed by atoms with E-state index in [4.69, 9.17) is 21.1 Å². The predicted octanol–water partition coefficient (Wildman–Crippen LogP) is 0.942. The number of aryl methyl sites for hydroxylation is 1. The van der Waals surface area contributed by atoms with E-state index in [1.54, 1.807) is 7.11 Å². The Morgan fingerprint density at radius 2 is 2.27 bits per heavy atom. The number of ether oxygens (including phenoxy) is 2. The van der Waals surface area contributed by atoms with Crippen molar-refractivity contribution in [3.8, 4) is 5.75 Å². The summed E-state index contributed by atoms with van der Waals surface area (Å²) in [6.45, 7) is 1.13. The van der Waals surface area contributed by atoms with E-state index in [1.165, 1.54) is 18.0 Å². The second-order valence-corrected chi connectivity index (χ2v) is 3.27. The van der Waals surface area contributed by atoms with Crippen LogP contribution < -0.4 is 10.3 Å². The van der Waals surface area contributed by atoms with Crippen LogP contribution in [0.2, 0.25) is 5.15 Å². The minimum absolute atomic E-state index is 0.0802. The molecule has 0 aliphatic carbocycles. The van der Waals surface area contributed by atoms with Crippen molar-refractivity contribution in [1.82, 2.24) is 9.55 Å². The Hall–Kier alpha value is -1.07. The van der Waals surface area contributed by atoms with E-state index >= 15 is 0 Å². The van der Waals surface area contributed by atoms with Gasteiger partial charge in [0.05, 0.1) is 13.4 Å². The Morgan fingerprint density at radius 3 is 2.87 bits per heavy atom. The zero-order valence-corrected chi connectivity index (χ0v) is 9.45. The number of nitrogens with zero attached hydrogens (tertiary/aromatic N) is 2. The summed E-state index contributed by atoms with van der Waals surface area (Å²) in [5.41, 5.74) is -0.270. The largest absolute Gasteiger partial charge is 0.489 e. The van der Waals surface area contributed by atoms with E-state index in [2.05, 4.69) is 4.98 Å². The molecule has 1 aromatic rings. The first-order chi connectivity index (χ1) is 7.20. The number of hydrogen-bond donors (Lipinski definition) is 0. The molecule has 84 valence electrons. The number of methoxy groups -OCH3 is 2. The summed E-state index contributed by atoms with van der Waals surface area (Å²) in [5.74, 6) is 0.0802. The Balaban J connectivity index is 2.86. The third-order valence-electron chi connectivity index (χ3n) is 1.90. The van der Waals surface area contributed by atoms with Crippen LogP contribution in [-0.2, 0) is 11.3 Å². The van der Waals surface area contributed by atoms with E-state index in [1.807, 2.05) is 0 Å². The highest BCUT2D eigenvalue weighted by molar-refractivity contribution is 6.30. The van der Waals surface area contributed by atoms with Crippen LogP contribution in [0, 0.1) is 0 Å². The van der Waals surface area contributed by atoms with Gasteiger partial charge in [-0.1, -0.05) is 11.6 Å². The van der Waals surface area contributed by atoms with E-state index in [9.17, 15) is 4.79 Å². The maximum absolute atomic E-state index is 11.7. The zero-order chi connectivity index (χ0) is 11.3. The Bertz CT molecular complexity index is 378. The van der Waals surface area contributed by atoms with Crippen LogP contribution in [0.5, 0.6) is 5.75 Å². The van der Waals surface area contributed by atoms with Gasteiger partial charge in [-0.2, -0.15) is 0 Å². The first-order valence-electron chi connectivity index (χ1n) is 4.48. The van der Waals surface area contributed by atoms with Crippen molar-refractivity contribution in [1.29, 1.82) is 0 Å². The van der Waals surface area contributed by atoms with Crippen LogP contribution in [0.1, 0.15) is 6.42 Å². The molecule has 1 heterocycles. The molecule has 0 aliphatic rings. The van der Waals surface area contributed by atoms with Gasteiger partial charge < -0.3 is 9.47 Å². The standard InChI is InChI=1S/C9H13ClN2O3/c1-14-5-3-4-12-6-11-8(10)7(15-2)9(12)13/h6H,3-5H2,1-2H3. The fourth-order valence-corrected chi connectivity index (χ4v) is 1.36. The number of aromatic nitrogens is 2. The fourth-order valence-electron chi connectivity index (χ4n) is 1.16. The molecule has 6 heteroatoms. The van der Waals surface area contributed by atoms with Crippen molar-refractivity contribution in [3.63, 3.8) is 0 Å². The third kappa shape index (κ3) is 2.94. The van der Waals surface area contributed by atoms with Gasteiger partial charge in [0.1, 0.15) is 0 Å². The second kappa shape index (κ2) is 5.72. The van der Waals surface area contributed by atoms with Crippen molar-refractivity contribution in [3.05, 3.63) is 21.8 Å². The predicted molar refractivity (Wildman–Crippen MR) is 56.6 cm³/mol. The molecule has 1 aromatic heterocycles. The molecule has 0 aromatic carbocycles. The van der Waals surface area contributed by atoms with Gasteiger partial charge in [0.25, 0.3) is 5.56 Å². The highest BCUT2D eigenvalue weighted by Gasteiger charge is 2.09. The molecule has 0 fully saturated rings. The van der Waals surface area contributed by atoms with E-state index in [0.29, 0.717) is 13.2 Å². The minimum Gasteiger partial charge on any atom is -0.489 e. The van der Waals surface area contributed by atoms with Gasteiger partial charge >= 0.3 is 0 Å². The molecule has 0 amide bonds. The molecule has 0 saturated carbocycles. The van der Waals surface area contributed by atoms with Gasteiger partial charge in [-0.25, -0.2) is 4.98 Å². The molecule has 0 bridgehead atoms. The number of rotatable bonds is 5. The van der Waals surface area contributed by atoms with Crippen molar-refractivity contribution in [2.45, 2.75) is 13.0 Å². The second-order valence-electron chi connectivity index (χ2n) is 2.91. The topological polar surface area (TPSA) is 53.4 Å². The Kier molecular flexibility index (Phi) is 4.58. The summed E-state index contributed by atoms with van der Waals surface area (Å²) in [6.07, 6.45) is 2.14. The highest BCUT2D eigenvalue weighted by atomic mass is 35.5. The van der Waals surface area contributed by atoms with Crippen LogP contribution in [-0.4, -0.2) is 30.4 Å². The van der Waals surface area contributed by atoms with Gasteiger partial charge in [0.15, 0.2) is 5.15 Å². The van der Waals surface area contributed by atoms with Gasteiger partial charge in [0, 0.05) is 20.3 Å². The summed E-state index contributed by atoms with van der Waals surface area (Å²) < 4.78 is 11.2. The molecular weight excluding hydrogens is 220 g/mol. The summed E-state index contributed by atoms with van der Waals surface area (Å²) in [5, 5.41) is 0.0884. The van der Waals surface area contributed by atoms with E-state index < -0.39 is 0 Å². The molecule has 0 aliphatic heterocycles. The third-order valence-corrected chi connectivity index (χ3v) is 2.17. The molecule has 0 spiro atoms. The van der Waals surface area contributed by atoms with Crippen LogP contribution in [0.3, 0.4) is 0 Å². The summed E-state index contributed by atoms with van der Waals surface area (Å²) in [4.78, 5) is 15.5. The van der Waals surface area contributed by atoms with Gasteiger partial charge in [-0.05, 0) is 6.42 Å². The molecule has 0 unspecified atom stereocenters. The highest BCUT2D eigenvalue weighted by Crippen LogP contribution is 2.14. The van der Waals surface area contributed by atoms with Crippen LogP contribution >= 0.6 is 11.6 Å². The molecule has 0 N–H and O–H groups in total. The van der Waals surface area contributed by atoms with Gasteiger partial charge in [0.2, 0.25) is 5.75 Å². The summed E-state index contributed by atoms with van der Waals surface area (Å²) >= 11 is 5.69. The first kappa shape index (κ1) is 12.0. The van der Waals surface area contributed by atoms with Crippen LogP contribution in [0.25, 0.3) is 0 Å². The smallest absolute Gasteiger partial charge is 0.297 e. The molecule has 1 rings (SSSR count). The van der Waals surface area contributed by atoms with Crippen molar-refractivity contribution < 1.29 is 9.47 Å². The molecule has 0 atom stereocenters. The molecule has 0 radical (unpaired) electrons. The monoisotopic (exact) mass is 232 g/mol. The summed E-state index contributed by atoms with van der Waals surface area (Å²) in [7, 11) is 3.01. The lowest BCUT2D eigenvalue weighted by Gasteiger charge is -2.07. The van der Waals surface area contributed by atoms with E-state index in [0.717, 1.165) is 6.42 Å². The lowest BCUT2D eigenvalue weighted by molar-refractivity contribution is 0.189. The number of halogens is 1. The fraction of sp³-hybridized carbons (Fsp3) is 0.556. The maximum atomic E-state index is 11.7. The molecule has 15 heavy (non-hydrogen) atoms. The van der Waals surface area contributed by atoms with E-state index in [-0.39, 0.29) is 16.5 Å². The minimum atomic E-state index is -0.270. The van der Waals surface area contributed by atoms with Gasteiger partial charge in [-0.15, -0.1) is 0 Å². The maximum Gasteiger partial charge on any atom is 0.297 e. The van der Waals surface area contributed by atoms with Gasteiger partial charge in [-0.3, -0.25) is 9.36 Å². The van der Waals surface area contributed by atoms with Crippen LogP contribution in [0.15, 0.2) is 11.1 Å². The Labute approximate surface area is 92.6 Å². The quantitative estimate of drug-likeness (QED) is 0.560. The molecular formula is C9H13ClN2O3. The number of hydrogen-bond acceptors (Lipinski definition) is 4. The SMILES string of the molecule is COCCCn1cnc(Cl)c(OC)c1=O. The average Bonchev–Trinajstić information content (AvgIpc) is 2.22. The molecule has 5 nitrogen and oxygen atoms in total.